The van der Waals surface area contributed by atoms with Crippen LogP contribution in [0, 0.1) is 5.82 Å². The van der Waals surface area contributed by atoms with Gasteiger partial charge in [-0.05, 0) is 30.3 Å². The van der Waals surface area contributed by atoms with E-state index < -0.39 is 21.8 Å². The Balaban J connectivity index is 2.38. The molecule has 0 radical (unpaired) electrons. The van der Waals surface area contributed by atoms with Gasteiger partial charge in [0.15, 0.2) is 11.6 Å². The van der Waals surface area contributed by atoms with Crippen LogP contribution >= 0.6 is 11.6 Å². The summed E-state index contributed by atoms with van der Waals surface area (Å²) >= 11 is 5.90. The van der Waals surface area contributed by atoms with Crippen LogP contribution < -0.4 is 4.74 Å². The summed E-state index contributed by atoms with van der Waals surface area (Å²) in [6, 6.07) is 9.08. The first-order valence-electron chi connectivity index (χ1n) is 6.42. The molecule has 0 aliphatic rings. The van der Waals surface area contributed by atoms with Gasteiger partial charge in [-0.15, -0.1) is 0 Å². The Morgan fingerprint density at radius 1 is 1.17 bits per heavy atom. The van der Waals surface area contributed by atoms with Gasteiger partial charge in [-0.1, -0.05) is 23.7 Å². The van der Waals surface area contributed by atoms with Gasteiger partial charge in [0.1, 0.15) is 4.90 Å². The third kappa shape index (κ3) is 3.69. The molecule has 0 spiro atoms. The summed E-state index contributed by atoms with van der Waals surface area (Å²) in [7, 11) is -1.14. The van der Waals surface area contributed by atoms with Gasteiger partial charge < -0.3 is 4.74 Å². The summed E-state index contributed by atoms with van der Waals surface area (Å²) < 4.78 is 43.7. The highest BCUT2D eigenvalue weighted by Crippen LogP contribution is 2.26. The van der Waals surface area contributed by atoms with E-state index >= 15 is 0 Å². The average Bonchev–Trinajstić information content (AvgIpc) is 2.49. The molecule has 0 bridgehead atoms. The molecule has 0 aliphatic heterocycles. The van der Waals surface area contributed by atoms with E-state index in [0.717, 1.165) is 16.4 Å². The van der Waals surface area contributed by atoms with E-state index in [1.165, 1.54) is 44.4 Å². The van der Waals surface area contributed by atoms with Gasteiger partial charge in [-0.3, -0.25) is 0 Å². The number of ether oxygens (including phenoxy) is 1. The van der Waals surface area contributed by atoms with Crippen molar-refractivity contribution < 1.29 is 22.3 Å². The molecule has 23 heavy (non-hydrogen) atoms. The number of benzene rings is 2. The molecule has 0 amide bonds. The van der Waals surface area contributed by atoms with Gasteiger partial charge in [-0.2, -0.15) is 0 Å². The minimum atomic E-state index is -3.83. The Bertz CT molecular complexity index is 852. The molecular weight excluding hydrogens is 345 g/mol. The van der Waals surface area contributed by atoms with Crippen molar-refractivity contribution in [1.29, 1.82) is 0 Å². The molecule has 0 heterocycles. The molecular formula is C15H13ClFNO4S. The van der Waals surface area contributed by atoms with Gasteiger partial charge in [0.05, 0.1) is 10.6 Å². The van der Waals surface area contributed by atoms with Gasteiger partial charge >= 0.3 is 5.97 Å². The second kappa shape index (κ2) is 6.66. The number of carbonyl (C=O) groups excluding carboxylic acids is 1. The fourth-order valence-electron chi connectivity index (χ4n) is 1.71. The van der Waals surface area contributed by atoms with E-state index in [0.29, 0.717) is 0 Å². The monoisotopic (exact) mass is 357 g/mol. The lowest BCUT2D eigenvalue weighted by Crippen LogP contribution is -2.23. The molecule has 0 fully saturated rings. The lowest BCUT2D eigenvalue weighted by Gasteiger charge is -2.13. The quantitative estimate of drug-likeness (QED) is 0.623. The molecule has 0 N–H and O–H groups in total. The molecule has 5 nitrogen and oxygen atoms in total. The van der Waals surface area contributed by atoms with Crippen molar-refractivity contribution in [2.24, 2.45) is 0 Å². The Labute approximate surface area is 138 Å². The van der Waals surface area contributed by atoms with Crippen LogP contribution in [0.1, 0.15) is 10.4 Å². The second-order valence-electron chi connectivity index (χ2n) is 4.75. The molecule has 122 valence electrons. The number of carbonyl (C=O) groups is 1. The number of hydrogen-bond acceptors (Lipinski definition) is 4. The van der Waals surface area contributed by atoms with Crippen LogP contribution in [0.2, 0.25) is 5.02 Å². The molecule has 8 heteroatoms. The minimum absolute atomic E-state index is 0.0267. The first-order valence-corrected chi connectivity index (χ1v) is 8.24. The molecule has 2 aromatic rings. The Morgan fingerprint density at radius 3 is 2.43 bits per heavy atom. The van der Waals surface area contributed by atoms with E-state index in [9.17, 15) is 17.6 Å². The Kier molecular flexibility index (Phi) is 5.03. The molecule has 2 aromatic carbocycles. The van der Waals surface area contributed by atoms with Gasteiger partial charge in [0, 0.05) is 14.1 Å². The third-order valence-corrected chi connectivity index (χ3v) is 5.26. The van der Waals surface area contributed by atoms with E-state index in [1.807, 2.05) is 0 Å². The maximum atomic E-state index is 13.5. The SMILES string of the molecule is CN(C)S(=O)(=O)c1cc(C(=O)Oc2ccccc2F)ccc1Cl. The maximum Gasteiger partial charge on any atom is 0.343 e. The van der Waals surface area contributed by atoms with Crippen molar-refractivity contribution in [3.8, 4) is 5.75 Å². The Morgan fingerprint density at radius 2 is 1.83 bits per heavy atom. The molecule has 2 rings (SSSR count). The average molecular weight is 358 g/mol. The highest BCUT2D eigenvalue weighted by molar-refractivity contribution is 7.89. The van der Waals surface area contributed by atoms with Crippen molar-refractivity contribution in [2.75, 3.05) is 14.1 Å². The summed E-state index contributed by atoms with van der Waals surface area (Å²) in [6.07, 6.45) is 0. The summed E-state index contributed by atoms with van der Waals surface area (Å²) in [4.78, 5) is 11.9. The summed E-state index contributed by atoms with van der Waals surface area (Å²) in [6.45, 7) is 0. The van der Waals surface area contributed by atoms with Crippen LogP contribution in [0.5, 0.6) is 5.75 Å². The van der Waals surface area contributed by atoms with E-state index in [2.05, 4.69) is 0 Å². The summed E-state index contributed by atoms with van der Waals surface area (Å²) in [5, 5.41) is -0.0267. The molecule has 0 unspecified atom stereocenters. The smallest absolute Gasteiger partial charge is 0.343 e. The van der Waals surface area contributed by atoms with E-state index in [1.54, 1.807) is 0 Å². The molecule has 0 aromatic heterocycles. The zero-order valence-corrected chi connectivity index (χ0v) is 13.9. The fourth-order valence-corrected chi connectivity index (χ4v) is 3.10. The molecule has 0 aliphatic carbocycles. The fraction of sp³-hybridized carbons (Fsp3) is 0.133. The van der Waals surface area contributed by atoms with E-state index in [4.69, 9.17) is 16.3 Å². The van der Waals surface area contributed by atoms with Crippen molar-refractivity contribution in [2.45, 2.75) is 4.90 Å². The van der Waals surface area contributed by atoms with Gasteiger partial charge in [-0.25, -0.2) is 21.9 Å². The first kappa shape index (κ1) is 17.4. The van der Waals surface area contributed by atoms with Crippen LogP contribution in [0.4, 0.5) is 4.39 Å². The normalized spacial score (nSPS) is 11.5. The van der Waals surface area contributed by atoms with Crippen LogP contribution in [0.25, 0.3) is 0 Å². The zero-order valence-electron chi connectivity index (χ0n) is 12.3. The van der Waals surface area contributed by atoms with Crippen molar-refractivity contribution >= 4 is 27.6 Å². The summed E-state index contributed by atoms with van der Waals surface area (Å²) in [5.74, 6) is -1.83. The Hall–Kier alpha value is -1.96. The van der Waals surface area contributed by atoms with Gasteiger partial charge in [0.2, 0.25) is 10.0 Å². The minimum Gasteiger partial charge on any atom is -0.420 e. The van der Waals surface area contributed by atoms with Crippen molar-refractivity contribution in [3.05, 3.63) is 58.9 Å². The zero-order chi connectivity index (χ0) is 17.2. The number of para-hydroxylation sites is 1. The third-order valence-electron chi connectivity index (χ3n) is 2.96. The highest BCUT2D eigenvalue weighted by Gasteiger charge is 2.23. The van der Waals surface area contributed by atoms with Crippen LogP contribution in [0.3, 0.4) is 0 Å². The predicted molar refractivity (Wildman–Crippen MR) is 83.7 cm³/mol. The number of esters is 1. The standard InChI is InChI=1S/C15H13ClFNO4S/c1-18(2)23(20,21)14-9-10(7-8-11(14)16)15(19)22-13-6-4-3-5-12(13)17/h3-9H,1-2H3. The summed E-state index contributed by atoms with van der Waals surface area (Å²) in [5.41, 5.74) is -0.0573. The molecule has 0 atom stereocenters. The lowest BCUT2D eigenvalue weighted by molar-refractivity contribution is 0.0727. The molecule has 0 saturated heterocycles. The highest BCUT2D eigenvalue weighted by atomic mass is 35.5. The lowest BCUT2D eigenvalue weighted by atomic mass is 10.2. The van der Waals surface area contributed by atoms with Crippen molar-refractivity contribution in [3.63, 3.8) is 0 Å². The van der Waals surface area contributed by atoms with Crippen LogP contribution in [-0.2, 0) is 10.0 Å². The largest absolute Gasteiger partial charge is 0.420 e. The number of sulfonamides is 1. The van der Waals surface area contributed by atoms with Crippen molar-refractivity contribution in [1.82, 2.24) is 4.31 Å². The number of hydrogen-bond donors (Lipinski definition) is 0. The molecule has 0 saturated carbocycles. The topological polar surface area (TPSA) is 63.7 Å². The number of rotatable bonds is 4. The maximum absolute atomic E-state index is 13.5. The van der Waals surface area contributed by atoms with Crippen LogP contribution in [0.15, 0.2) is 47.4 Å². The van der Waals surface area contributed by atoms with Gasteiger partial charge in [0.25, 0.3) is 0 Å². The number of nitrogens with zero attached hydrogens (tertiary/aromatic N) is 1. The van der Waals surface area contributed by atoms with Crippen LogP contribution in [-0.4, -0.2) is 32.8 Å². The van der Waals surface area contributed by atoms with E-state index in [-0.39, 0.29) is 21.2 Å². The second-order valence-corrected chi connectivity index (χ2v) is 7.28. The predicted octanol–water partition coefficient (Wildman–Crippen LogP) is 2.95. The first-order chi connectivity index (χ1) is 10.7. The number of halogens is 2.